The molecule has 1 aliphatic heterocycles. The van der Waals surface area contributed by atoms with Crippen LogP contribution in [0.25, 0.3) is 33.0 Å². The van der Waals surface area contributed by atoms with Crippen molar-refractivity contribution in [2.75, 3.05) is 14.2 Å². The van der Waals surface area contributed by atoms with Crippen molar-refractivity contribution < 1.29 is 14.6 Å². The molecular weight excluding hydrogens is 412 g/mol. The number of aromatic hydroxyl groups is 1. The second kappa shape index (κ2) is 7.59. The van der Waals surface area contributed by atoms with Gasteiger partial charge in [0.05, 0.1) is 19.6 Å². The molecule has 4 aromatic rings. The molecule has 0 bridgehead atoms. The third-order valence-corrected chi connectivity index (χ3v) is 6.39. The van der Waals surface area contributed by atoms with Gasteiger partial charge in [0.15, 0.2) is 11.5 Å². The van der Waals surface area contributed by atoms with Gasteiger partial charge in [-0.15, -0.1) is 11.3 Å². The van der Waals surface area contributed by atoms with Crippen molar-refractivity contribution >= 4 is 33.2 Å². The van der Waals surface area contributed by atoms with Gasteiger partial charge < -0.3 is 14.6 Å². The van der Waals surface area contributed by atoms with Gasteiger partial charge in [0, 0.05) is 17.5 Å². The van der Waals surface area contributed by atoms with E-state index >= 15 is 0 Å². The van der Waals surface area contributed by atoms with Crippen LogP contribution in [0, 0.1) is 0 Å². The van der Waals surface area contributed by atoms with Crippen molar-refractivity contribution in [2.45, 2.75) is 13.0 Å². The van der Waals surface area contributed by atoms with Crippen molar-refractivity contribution in [2.24, 2.45) is 0 Å². The molecule has 2 aromatic heterocycles. The summed E-state index contributed by atoms with van der Waals surface area (Å²) >= 11 is 1.49. The maximum Gasteiger partial charge on any atom is 0.263 e. The molecular formula is C24H20N2O4S. The van der Waals surface area contributed by atoms with Gasteiger partial charge in [-0.05, 0) is 41.3 Å². The molecule has 0 saturated carbocycles. The van der Waals surface area contributed by atoms with Crippen molar-refractivity contribution in [3.05, 3.63) is 69.6 Å². The Morgan fingerprint density at radius 2 is 1.84 bits per heavy atom. The number of phenols is 1. The molecule has 3 heterocycles. The molecule has 0 saturated heterocycles. The third kappa shape index (κ3) is 3.18. The highest BCUT2D eigenvalue weighted by atomic mass is 32.1. The van der Waals surface area contributed by atoms with Crippen molar-refractivity contribution in [3.63, 3.8) is 0 Å². The van der Waals surface area contributed by atoms with Gasteiger partial charge in [-0.2, -0.15) is 0 Å². The first kappa shape index (κ1) is 19.4. The van der Waals surface area contributed by atoms with E-state index in [1.54, 1.807) is 16.7 Å². The summed E-state index contributed by atoms with van der Waals surface area (Å²) in [6, 6.07) is 13.4. The summed E-state index contributed by atoms with van der Waals surface area (Å²) in [5, 5.41) is 12.8. The first-order valence-electron chi connectivity index (χ1n) is 9.84. The fraction of sp³-hybridized carbons (Fsp3) is 0.167. The molecule has 7 heteroatoms. The molecule has 0 radical (unpaired) electrons. The Bertz CT molecular complexity index is 1360. The van der Waals surface area contributed by atoms with Crippen LogP contribution >= 0.6 is 11.3 Å². The van der Waals surface area contributed by atoms with Crippen LogP contribution < -0.4 is 15.0 Å². The zero-order chi connectivity index (χ0) is 21.5. The minimum absolute atomic E-state index is 0.00984. The van der Waals surface area contributed by atoms with E-state index in [1.807, 2.05) is 41.8 Å². The zero-order valence-corrected chi connectivity index (χ0v) is 17.9. The molecule has 6 nitrogen and oxygen atoms in total. The van der Waals surface area contributed by atoms with E-state index < -0.39 is 0 Å². The summed E-state index contributed by atoms with van der Waals surface area (Å²) in [5.41, 5.74) is 3.71. The summed E-state index contributed by atoms with van der Waals surface area (Å²) in [6.45, 7) is 0.583. The summed E-state index contributed by atoms with van der Waals surface area (Å²) in [5.74, 6) is 1.30. The highest BCUT2D eigenvalue weighted by Gasteiger charge is 2.24. The average molecular weight is 433 g/mol. The lowest BCUT2D eigenvalue weighted by Crippen LogP contribution is -2.20. The normalized spacial score (nSPS) is 14.2. The van der Waals surface area contributed by atoms with Crippen LogP contribution in [0.5, 0.6) is 17.2 Å². The molecule has 0 spiro atoms. The smallest absolute Gasteiger partial charge is 0.263 e. The second-order valence-corrected chi connectivity index (χ2v) is 8.14. The summed E-state index contributed by atoms with van der Waals surface area (Å²) in [7, 11) is 2.99. The van der Waals surface area contributed by atoms with Crippen LogP contribution in [-0.2, 0) is 6.54 Å². The largest absolute Gasteiger partial charge is 0.502 e. The number of phenolic OH excluding ortho intramolecular Hbond substituents is 1. The molecule has 1 aliphatic rings. The minimum atomic E-state index is -0.0398. The summed E-state index contributed by atoms with van der Waals surface area (Å²) < 4.78 is 12.3. The highest BCUT2D eigenvalue weighted by Crippen LogP contribution is 2.39. The van der Waals surface area contributed by atoms with Crippen LogP contribution in [0.3, 0.4) is 0 Å². The van der Waals surface area contributed by atoms with E-state index in [1.165, 1.54) is 25.6 Å². The molecule has 0 unspecified atom stereocenters. The van der Waals surface area contributed by atoms with Gasteiger partial charge in [0.25, 0.3) is 5.56 Å². The number of allylic oxidation sites excluding steroid dienone is 1. The monoisotopic (exact) mass is 432 g/mol. The Kier molecular flexibility index (Phi) is 4.75. The topological polar surface area (TPSA) is 73.6 Å². The number of rotatable bonds is 4. The number of hydrogen-bond donors (Lipinski definition) is 1. The predicted molar refractivity (Wildman–Crippen MR) is 123 cm³/mol. The average Bonchev–Trinajstić information content (AvgIpc) is 3.40. The number of methoxy groups -OCH3 is 2. The SMILES string of the molecule is COc1cc(/C=C2\CCn3c2nc2scc(-c4ccccc4)c2c3=O)cc(OC)c1O. The number of aromatic nitrogens is 2. The van der Waals surface area contributed by atoms with E-state index in [4.69, 9.17) is 14.5 Å². The lowest BCUT2D eigenvalue weighted by molar-refractivity contribution is 0.340. The number of fused-ring (bicyclic) bond motifs is 2. The summed E-state index contributed by atoms with van der Waals surface area (Å²) in [6.07, 6.45) is 2.67. The second-order valence-electron chi connectivity index (χ2n) is 7.28. The Morgan fingerprint density at radius 3 is 2.52 bits per heavy atom. The zero-order valence-electron chi connectivity index (χ0n) is 17.1. The number of ether oxygens (including phenoxy) is 2. The van der Waals surface area contributed by atoms with Gasteiger partial charge in [0.2, 0.25) is 5.75 Å². The van der Waals surface area contributed by atoms with Crippen LogP contribution in [0.2, 0.25) is 0 Å². The maximum atomic E-state index is 13.3. The lowest BCUT2D eigenvalue weighted by atomic mass is 10.1. The first-order chi connectivity index (χ1) is 15.1. The van der Waals surface area contributed by atoms with E-state index in [0.29, 0.717) is 35.7 Å². The summed E-state index contributed by atoms with van der Waals surface area (Å²) in [4.78, 5) is 18.9. The van der Waals surface area contributed by atoms with Gasteiger partial charge in [-0.3, -0.25) is 9.36 Å². The molecule has 0 fully saturated rings. The fourth-order valence-electron chi connectivity index (χ4n) is 3.99. The molecule has 31 heavy (non-hydrogen) atoms. The standard InChI is InChI=1S/C24H20N2O4S/c1-29-18-11-14(12-19(30-2)21(18)27)10-16-8-9-26-22(16)25-23-20(24(26)28)17(13-31-23)15-6-4-3-5-7-15/h3-7,10-13,27H,8-9H2,1-2H3/b16-10+. The molecule has 5 rings (SSSR count). The maximum absolute atomic E-state index is 13.3. The predicted octanol–water partition coefficient (Wildman–Crippen LogP) is 4.79. The molecule has 0 aliphatic carbocycles. The highest BCUT2D eigenvalue weighted by molar-refractivity contribution is 7.17. The third-order valence-electron chi connectivity index (χ3n) is 5.51. The van der Waals surface area contributed by atoms with Crippen molar-refractivity contribution in [1.29, 1.82) is 0 Å². The lowest BCUT2D eigenvalue weighted by Gasteiger charge is -2.10. The molecule has 2 aromatic carbocycles. The molecule has 0 amide bonds. The minimum Gasteiger partial charge on any atom is -0.502 e. The first-order valence-corrected chi connectivity index (χ1v) is 10.7. The Morgan fingerprint density at radius 1 is 1.13 bits per heavy atom. The van der Waals surface area contributed by atoms with Crippen LogP contribution in [0.4, 0.5) is 0 Å². The van der Waals surface area contributed by atoms with E-state index in [2.05, 4.69) is 0 Å². The van der Waals surface area contributed by atoms with Gasteiger partial charge in [0.1, 0.15) is 10.7 Å². The van der Waals surface area contributed by atoms with E-state index in [0.717, 1.165) is 27.1 Å². The Balaban J connectivity index is 1.64. The number of thiophene rings is 1. The van der Waals surface area contributed by atoms with E-state index in [-0.39, 0.29) is 11.3 Å². The van der Waals surface area contributed by atoms with Gasteiger partial charge >= 0.3 is 0 Å². The quantitative estimate of drug-likeness (QED) is 0.502. The van der Waals surface area contributed by atoms with Gasteiger partial charge in [-0.1, -0.05) is 30.3 Å². The number of nitrogens with zero attached hydrogens (tertiary/aromatic N) is 2. The van der Waals surface area contributed by atoms with Crippen LogP contribution in [0.15, 0.2) is 52.6 Å². The molecule has 0 atom stereocenters. The van der Waals surface area contributed by atoms with Crippen LogP contribution in [0.1, 0.15) is 17.8 Å². The van der Waals surface area contributed by atoms with Crippen molar-refractivity contribution in [1.82, 2.24) is 9.55 Å². The Labute approximate surface area is 182 Å². The molecule has 1 N–H and O–H groups in total. The van der Waals surface area contributed by atoms with E-state index in [9.17, 15) is 9.90 Å². The van der Waals surface area contributed by atoms with Crippen molar-refractivity contribution in [3.8, 4) is 28.4 Å². The van der Waals surface area contributed by atoms with Gasteiger partial charge in [-0.25, -0.2) is 4.98 Å². The van der Waals surface area contributed by atoms with Crippen LogP contribution in [-0.4, -0.2) is 28.9 Å². The Hall–Kier alpha value is -3.58. The number of hydrogen-bond acceptors (Lipinski definition) is 6. The fourth-order valence-corrected chi connectivity index (χ4v) is 4.92. The molecule has 156 valence electrons. The number of benzene rings is 2.